The zero-order chi connectivity index (χ0) is 3.70. The van der Waals surface area contributed by atoms with Gasteiger partial charge in [0.2, 0.25) is 0 Å². The van der Waals surface area contributed by atoms with Crippen LogP contribution in [0.5, 0.6) is 0 Å². The second-order valence-corrected chi connectivity index (χ2v) is 1.87. The molecule has 1 saturated carbocycles. The Balaban J connectivity index is 2.00. The maximum absolute atomic E-state index is 6.64. The van der Waals surface area contributed by atoms with E-state index < -0.39 is 0 Å². The van der Waals surface area contributed by atoms with Crippen LogP contribution in [0.25, 0.3) is 0 Å². The normalized spacial score (nSPS) is 29.5. The SMILES string of the molecule is [2H]SC1CC1. The Hall–Kier alpha value is 0.350. The van der Waals surface area contributed by atoms with E-state index in [1.807, 2.05) is 0 Å². The van der Waals surface area contributed by atoms with E-state index in [0.29, 0.717) is 0 Å². The summed E-state index contributed by atoms with van der Waals surface area (Å²) in [4.78, 5) is 0. The predicted molar refractivity (Wildman–Crippen MR) is 22.0 cm³/mol. The fraction of sp³-hybridized carbons (Fsp3) is 1.00. The van der Waals surface area contributed by atoms with Crippen LogP contribution in [-0.2, 0) is 0 Å². The van der Waals surface area contributed by atoms with Gasteiger partial charge in [-0.3, -0.25) is 0 Å². The molecule has 1 aliphatic rings. The van der Waals surface area contributed by atoms with Crippen LogP contribution in [0, 0.1) is 0 Å². The molecule has 24 valence electrons. The molecule has 0 bridgehead atoms. The Labute approximate surface area is 32.7 Å². The first-order valence-corrected chi connectivity index (χ1v) is 2.02. The van der Waals surface area contributed by atoms with E-state index in [1.165, 1.54) is 25.4 Å². The number of hydrogen-bond acceptors (Lipinski definition) is 1. The average molecular weight is 75.2 g/mol. The molecule has 0 saturated heterocycles. The van der Waals surface area contributed by atoms with Crippen LogP contribution in [0.1, 0.15) is 12.8 Å². The van der Waals surface area contributed by atoms with Gasteiger partial charge in [0.15, 0.2) is 0 Å². The zero-order valence-electron chi connectivity index (χ0n) is 3.40. The third-order valence-corrected chi connectivity index (χ3v) is 0.996. The summed E-state index contributed by atoms with van der Waals surface area (Å²) in [5.74, 6) is 0. The molecular weight excluding hydrogens is 68.1 g/mol. The number of rotatable bonds is 1. The molecule has 4 heavy (non-hydrogen) atoms. The van der Waals surface area contributed by atoms with Gasteiger partial charge in [-0.15, -0.1) is 0 Å². The first-order chi connectivity index (χ1) is 2.43. The number of hydrogen-bond donors (Lipinski definition) is 1. The van der Waals surface area contributed by atoms with E-state index >= 15 is 0 Å². The van der Waals surface area contributed by atoms with Crippen LogP contribution in [-0.4, -0.2) is 6.37 Å². The molecule has 0 spiro atoms. The second-order valence-electron chi connectivity index (χ2n) is 1.20. The van der Waals surface area contributed by atoms with Gasteiger partial charge in [-0.05, 0) is 12.8 Å². The molecule has 1 fully saturated rings. The van der Waals surface area contributed by atoms with Crippen molar-refractivity contribution in [1.82, 2.24) is 0 Å². The largest absolute Gasteiger partial charge is 0.176 e. The second kappa shape index (κ2) is 0.646. The smallest absolute Gasteiger partial charge is 0.103 e. The lowest BCUT2D eigenvalue weighted by atomic mass is 11.0. The molecule has 0 aliphatic heterocycles. The van der Waals surface area contributed by atoms with Gasteiger partial charge in [-0.25, -0.2) is 0 Å². The molecule has 0 aromatic heterocycles. The minimum absolute atomic E-state index is 0.718. The van der Waals surface area contributed by atoms with Gasteiger partial charge >= 0.3 is 0 Å². The molecule has 0 amide bonds. The summed E-state index contributed by atoms with van der Waals surface area (Å²) in [5, 5.41) is 0.718. The molecule has 0 N–H and O–H groups in total. The minimum Gasteiger partial charge on any atom is -0.176 e. The van der Waals surface area contributed by atoms with Crippen molar-refractivity contribution in [2.45, 2.75) is 18.1 Å². The van der Waals surface area contributed by atoms with Crippen LogP contribution < -0.4 is 0 Å². The first-order valence-electron chi connectivity index (χ1n) is 1.96. The molecule has 0 radical (unpaired) electrons. The standard InChI is InChI=1S/C3H6S/c4-3-1-2-3/h3-4H,1-2H2/i/hD. The van der Waals surface area contributed by atoms with E-state index in [4.69, 9.17) is 1.12 Å². The maximum atomic E-state index is 6.64. The van der Waals surface area contributed by atoms with Crippen molar-refractivity contribution in [3.8, 4) is 0 Å². The Morgan fingerprint density at radius 3 is 2.75 bits per heavy atom. The fourth-order valence-corrected chi connectivity index (χ4v) is 0.204. The summed E-state index contributed by atoms with van der Waals surface area (Å²) in [7, 11) is 0. The first kappa shape index (κ1) is 1.71. The molecule has 1 aliphatic carbocycles. The molecular formula is C3H6S. The highest BCUT2D eigenvalue weighted by Crippen LogP contribution is 2.24. The van der Waals surface area contributed by atoms with Gasteiger partial charge in [0.05, 0.1) is 0 Å². The Morgan fingerprint density at radius 2 is 2.75 bits per heavy atom. The molecule has 0 atom stereocenters. The van der Waals surface area contributed by atoms with E-state index in [-0.39, 0.29) is 0 Å². The topological polar surface area (TPSA) is 0 Å². The Bertz CT molecular complexity index is 33.9. The van der Waals surface area contributed by atoms with Crippen LogP contribution in [0.4, 0.5) is 0 Å². The highest BCUT2D eigenvalue weighted by molar-refractivity contribution is 7.81. The van der Waals surface area contributed by atoms with Gasteiger partial charge in [-0.1, -0.05) is 0 Å². The molecule has 0 aromatic carbocycles. The van der Waals surface area contributed by atoms with Crippen molar-refractivity contribution in [2.24, 2.45) is 0 Å². The van der Waals surface area contributed by atoms with Crippen LogP contribution in [0.3, 0.4) is 0 Å². The minimum atomic E-state index is 0.718. The Morgan fingerprint density at radius 1 is 2.00 bits per heavy atom. The van der Waals surface area contributed by atoms with Crippen molar-refractivity contribution in [1.29, 1.82) is 1.12 Å². The summed E-state index contributed by atoms with van der Waals surface area (Å²) in [6.07, 6.45) is 2.57. The van der Waals surface area contributed by atoms with Crippen molar-refractivity contribution in [2.75, 3.05) is 0 Å². The zero-order valence-corrected chi connectivity index (χ0v) is 3.22. The van der Waals surface area contributed by atoms with Crippen molar-refractivity contribution in [3.63, 3.8) is 0 Å². The summed E-state index contributed by atoms with van der Waals surface area (Å²) in [6.45, 7) is 0. The quantitative estimate of drug-likeness (QED) is 0.443. The number of thiol groups is 1. The summed E-state index contributed by atoms with van der Waals surface area (Å²) in [5.41, 5.74) is 0. The monoisotopic (exact) mass is 75.0 g/mol. The highest BCUT2D eigenvalue weighted by atomic mass is 32.1. The van der Waals surface area contributed by atoms with Crippen LogP contribution in [0.2, 0.25) is 0 Å². The van der Waals surface area contributed by atoms with Gasteiger partial charge in [0.25, 0.3) is 0 Å². The lowest BCUT2D eigenvalue weighted by Crippen LogP contribution is -1.45. The third kappa shape index (κ3) is 0.382. The predicted octanol–water partition coefficient (Wildman–Crippen LogP) is 1.08. The van der Waals surface area contributed by atoms with E-state index in [2.05, 4.69) is 0 Å². The lowest BCUT2D eigenvalue weighted by Gasteiger charge is -1.53. The van der Waals surface area contributed by atoms with Gasteiger partial charge in [-0.2, -0.15) is 12.5 Å². The van der Waals surface area contributed by atoms with Crippen molar-refractivity contribution in [3.05, 3.63) is 0 Å². The van der Waals surface area contributed by atoms with Crippen molar-refractivity contribution < 1.29 is 0 Å². The maximum Gasteiger partial charge on any atom is 0.103 e. The molecule has 0 heterocycles. The fourth-order valence-electron chi connectivity index (χ4n) is 0.0680. The molecule has 1 rings (SSSR count). The lowest BCUT2D eigenvalue weighted by molar-refractivity contribution is 1.50. The summed E-state index contributed by atoms with van der Waals surface area (Å²) < 4.78 is 6.64. The van der Waals surface area contributed by atoms with Crippen LogP contribution >= 0.6 is 12.5 Å². The van der Waals surface area contributed by atoms with Crippen LogP contribution in [0.15, 0.2) is 0 Å². The third-order valence-electron chi connectivity index (χ3n) is 0.524. The molecule has 1 heteroatoms. The molecule has 0 unspecified atom stereocenters. The average Bonchev–Trinajstić information content (AvgIpc) is 2.12. The summed E-state index contributed by atoms with van der Waals surface area (Å²) in [6, 6.07) is 0. The van der Waals surface area contributed by atoms with Crippen molar-refractivity contribution >= 4 is 12.5 Å². The van der Waals surface area contributed by atoms with Gasteiger partial charge in [0, 0.05) is 5.25 Å². The highest BCUT2D eigenvalue weighted by Gasteiger charge is 2.14. The van der Waals surface area contributed by atoms with E-state index in [0.717, 1.165) is 5.25 Å². The molecule has 0 aromatic rings. The van der Waals surface area contributed by atoms with Gasteiger partial charge in [0.1, 0.15) is 1.12 Å². The molecule has 0 nitrogen and oxygen atoms in total. The van der Waals surface area contributed by atoms with E-state index in [1.54, 1.807) is 0 Å². The van der Waals surface area contributed by atoms with Gasteiger partial charge < -0.3 is 0 Å². The van der Waals surface area contributed by atoms with E-state index in [9.17, 15) is 0 Å². The summed E-state index contributed by atoms with van der Waals surface area (Å²) >= 11 is 1.24. The Kier molecular flexibility index (Phi) is 0.276.